The van der Waals surface area contributed by atoms with Gasteiger partial charge in [0.2, 0.25) is 0 Å². The van der Waals surface area contributed by atoms with Crippen LogP contribution < -0.4 is 10.5 Å². The molecule has 0 bridgehead atoms. The fraction of sp³-hybridized carbons (Fsp3) is 0.600. The molecule has 0 saturated carbocycles. The Morgan fingerprint density at radius 1 is 1.42 bits per heavy atom. The Labute approximate surface area is 120 Å². The first-order valence-corrected chi connectivity index (χ1v) is 7.34. The molecule has 2 N–H and O–H groups in total. The summed E-state index contributed by atoms with van der Waals surface area (Å²) in [5, 5.41) is 0.760. The average Bonchev–Trinajstić information content (AvgIpc) is 2.83. The first kappa shape index (κ1) is 14.6. The van der Waals surface area contributed by atoms with E-state index in [4.69, 9.17) is 26.8 Å². The van der Waals surface area contributed by atoms with Crippen LogP contribution >= 0.6 is 11.6 Å². The van der Waals surface area contributed by atoms with Gasteiger partial charge in [0.15, 0.2) is 0 Å². The smallest absolute Gasteiger partial charge is 0.125 e. The van der Waals surface area contributed by atoms with Crippen LogP contribution in [-0.4, -0.2) is 25.4 Å². The second-order valence-corrected chi connectivity index (χ2v) is 5.36. The molecule has 0 fully saturated rings. The molecule has 1 aliphatic heterocycles. The molecule has 1 aromatic carbocycles. The quantitative estimate of drug-likeness (QED) is 0.873. The Morgan fingerprint density at radius 3 is 2.89 bits per heavy atom. The van der Waals surface area contributed by atoms with Gasteiger partial charge in [0.25, 0.3) is 0 Å². The van der Waals surface area contributed by atoms with Crippen LogP contribution in [0, 0.1) is 0 Å². The second-order valence-electron chi connectivity index (χ2n) is 4.92. The van der Waals surface area contributed by atoms with Gasteiger partial charge in [-0.05, 0) is 43.0 Å². The molecule has 2 rings (SSSR count). The summed E-state index contributed by atoms with van der Waals surface area (Å²) in [4.78, 5) is 0. The predicted octanol–water partition coefficient (Wildman–Crippen LogP) is 2.96. The van der Waals surface area contributed by atoms with Crippen LogP contribution in [0.5, 0.6) is 5.75 Å². The number of ether oxygens (including phenoxy) is 2. The number of hydrogen-bond donors (Lipinski definition) is 1. The van der Waals surface area contributed by atoms with E-state index in [9.17, 15) is 0 Å². The molecule has 0 spiro atoms. The van der Waals surface area contributed by atoms with Crippen LogP contribution in [0.1, 0.15) is 31.4 Å². The van der Waals surface area contributed by atoms with Gasteiger partial charge in [0.1, 0.15) is 5.75 Å². The van der Waals surface area contributed by atoms with E-state index in [1.165, 1.54) is 5.56 Å². The molecule has 1 heterocycles. The Hall–Kier alpha value is -0.770. The molecular formula is C15H22ClNO2. The molecule has 19 heavy (non-hydrogen) atoms. The van der Waals surface area contributed by atoms with E-state index in [-0.39, 0.29) is 12.1 Å². The Morgan fingerprint density at radius 2 is 2.21 bits per heavy atom. The first-order chi connectivity index (χ1) is 9.15. The molecule has 0 aliphatic carbocycles. The van der Waals surface area contributed by atoms with Gasteiger partial charge in [-0.25, -0.2) is 0 Å². The average molecular weight is 284 g/mol. The highest BCUT2D eigenvalue weighted by Crippen LogP contribution is 2.33. The molecular weight excluding hydrogens is 262 g/mol. The van der Waals surface area contributed by atoms with E-state index in [1.807, 2.05) is 19.1 Å². The molecule has 1 aromatic rings. The molecule has 0 aromatic heterocycles. The fourth-order valence-electron chi connectivity index (χ4n) is 2.64. The SMILES string of the molecule is CCOC(CC)C(N)Cc1cc(Cl)cc2c1OCC2. The molecule has 4 heteroatoms. The third-order valence-electron chi connectivity index (χ3n) is 3.54. The maximum Gasteiger partial charge on any atom is 0.125 e. The van der Waals surface area contributed by atoms with Crippen molar-refractivity contribution in [3.63, 3.8) is 0 Å². The summed E-state index contributed by atoms with van der Waals surface area (Å²) >= 11 is 6.16. The van der Waals surface area contributed by atoms with E-state index in [1.54, 1.807) is 0 Å². The zero-order valence-corrected chi connectivity index (χ0v) is 12.4. The molecule has 1 aliphatic rings. The zero-order valence-electron chi connectivity index (χ0n) is 11.6. The van der Waals surface area contributed by atoms with Crippen molar-refractivity contribution in [2.75, 3.05) is 13.2 Å². The van der Waals surface area contributed by atoms with E-state index >= 15 is 0 Å². The third-order valence-corrected chi connectivity index (χ3v) is 3.76. The van der Waals surface area contributed by atoms with E-state index in [0.717, 1.165) is 42.2 Å². The van der Waals surface area contributed by atoms with Crippen LogP contribution in [0.15, 0.2) is 12.1 Å². The third kappa shape index (κ3) is 3.41. The van der Waals surface area contributed by atoms with Crippen LogP contribution in [0.2, 0.25) is 5.02 Å². The van der Waals surface area contributed by atoms with Gasteiger partial charge in [-0.2, -0.15) is 0 Å². The van der Waals surface area contributed by atoms with E-state index < -0.39 is 0 Å². The molecule has 106 valence electrons. The van der Waals surface area contributed by atoms with E-state index in [2.05, 4.69) is 6.92 Å². The summed E-state index contributed by atoms with van der Waals surface area (Å²) < 4.78 is 11.4. The minimum atomic E-state index is -0.0308. The van der Waals surface area contributed by atoms with Gasteiger partial charge in [-0.1, -0.05) is 18.5 Å². The molecule has 0 radical (unpaired) electrons. The Kier molecular flexibility index (Phi) is 5.08. The van der Waals surface area contributed by atoms with Gasteiger partial charge in [0, 0.05) is 24.1 Å². The summed E-state index contributed by atoms with van der Waals surface area (Å²) in [7, 11) is 0. The number of halogens is 1. The van der Waals surface area contributed by atoms with Gasteiger partial charge >= 0.3 is 0 Å². The lowest BCUT2D eigenvalue weighted by Crippen LogP contribution is -2.38. The molecule has 3 nitrogen and oxygen atoms in total. The summed E-state index contributed by atoms with van der Waals surface area (Å²) in [5.74, 6) is 0.978. The monoisotopic (exact) mass is 283 g/mol. The van der Waals surface area contributed by atoms with Crippen molar-refractivity contribution in [1.82, 2.24) is 0 Å². The summed E-state index contributed by atoms with van der Waals surface area (Å²) in [6.45, 7) is 5.52. The number of benzene rings is 1. The number of nitrogens with two attached hydrogens (primary N) is 1. The van der Waals surface area contributed by atoms with Crippen molar-refractivity contribution >= 4 is 11.6 Å². The van der Waals surface area contributed by atoms with Crippen molar-refractivity contribution in [3.8, 4) is 5.75 Å². The summed E-state index contributed by atoms with van der Waals surface area (Å²) in [6.07, 6.45) is 2.67. The van der Waals surface area contributed by atoms with Crippen molar-refractivity contribution in [2.45, 2.75) is 45.3 Å². The topological polar surface area (TPSA) is 44.5 Å². The Bertz CT molecular complexity index is 436. The highest BCUT2D eigenvalue weighted by molar-refractivity contribution is 6.30. The van der Waals surface area contributed by atoms with Crippen LogP contribution in [0.25, 0.3) is 0 Å². The minimum absolute atomic E-state index is 0.0308. The highest BCUT2D eigenvalue weighted by Gasteiger charge is 2.22. The predicted molar refractivity (Wildman–Crippen MR) is 78.0 cm³/mol. The molecule has 0 amide bonds. The van der Waals surface area contributed by atoms with Crippen molar-refractivity contribution < 1.29 is 9.47 Å². The van der Waals surface area contributed by atoms with Gasteiger partial charge in [-0.15, -0.1) is 0 Å². The number of fused-ring (bicyclic) bond motifs is 1. The Balaban J connectivity index is 2.14. The summed E-state index contributed by atoms with van der Waals surface area (Å²) in [6, 6.07) is 3.92. The van der Waals surface area contributed by atoms with Crippen molar-refractivity contribution in [1.29, 1.82) is 0 Å². The van der Waals surface area contributed by atoms with Crippen LogP contribution in [0.3, 0.4) is 0 Å². The lowest BCUT2D eigenvalue weighted by molar-refractivity contribution is 0.0416. The second kappa shape index (κ2) is 6.60. The maximum atomic E-state index is 6.27. The normalized spacial score (nSPS) is 16.8. The van der Waals surface area contributed by atoms with Crippen molar-refractivity contribution in [3.05, 3.63) is 28.3 Å². The summed E-state index contributed by atoms with van der Waals surface area (Å²) in [5.41, 5.74) is 8.56. The van der Waals surface area contributed by atoms with Crippen molar-refractivity contribution in [2.24, 2.45) is 5.73 Å². The molecule has 0 saturated heterocycles. The number of hydrogen-bond acceptors (Lipinski definition) is 3. The lowest BCUT2D eigenvalue weighted by Gasteiger charge is -2.23. The van der Waals surface area contributed by atoms with Gasteiger partial charge < -0.3 is 15.2 Å². The standard InChI is InChI=1S/C15H22ClNO2/c1-3-14(18-4-2)13(17)9-11-8-12(16)7-10-5-6-19-15(10)11/h7-8,13-14H,3-6,9,17H2,1-2H3. The zero-order chi connectivity index (χ0) is 13.8. The van der Waals surface area contributed by atoms with Gasteiger partial charge in [0.05, 0.1) is 12.7 Å². The largest absolute Gasteiger partial charge is 0.493 e. The number of rotatable bonds is 6. The molecule has 2 atom stereocenters. The lowest BCUT2D eigenvalue weighted by atomic mass is 9.98. The fourth-order valence-corrected chi connectivity index (χ4v) is 2.90. The van der Waals surface area contributed by atoms with Crippen LogP contribution in [0.4, 0.5) is 0 Å². The minimum Gasteiger partial charge on any atom is -0.493 e. The first-order valence-electron chi connectivity index (χ1n) is 6.97. The van der Waals surface area contributed by atoms with Crippen LogP contribution in [-0.2, 0) is 17.6 Å². The van der Waals surface area contributed by atoms with Gasteiger partial charge in [-0.3, -0.25) is 0 Å². The molecule has 2 unspecified atom stereocenters. The highest BCUT2D eigenvalue weighted by atomic mass is 35.5. The van der Waals surface area contributed by atoms with E-state index in [0.29, 0.717) is 6.61 Å². The maximum absolute atomic E-state index is 6.27.